The van der Waals surface area contributed by atoms with Gasteiger partial charge in [-0.3, -0.25) is 14.7 Å². The number of anilines is 1. The van der Waals surface area contributed by atoms with Crippen molar-refractivity contribution in [2.24, 2.45) is 0 Å². The molecule has 2 aromatic heterocycles. The van der Waals surface area contributed by atoms with E-state index in [1.165, 1.54) is 11.3 Å². The van der Waals surface area contributed by atoms with E-state index in [9.17, 15) is 4.79 Å². The molecule has 6 nitrogen and oxygen atoms in total. The van der Waals surface area contributed by atoms with Gasteiger partial charge in [-0.05, 0) is 36.4 Å². The Bertz CT molecular complexity index is 1170. The molecule has 0 saturated carbocycles. The first-order valence-corrected chi connectivity index (χ1v) is 10.3. The van der Waals surface area contributed by atoms with Gasteiger partial charge in [0.25, 0.3) is 5.91 Å². The van der Waals surface area contributed by atoms with Crippen LogP contribution in [-0.2, 0) is 6.54 Å². The summed E-state index contributed by atoms with van der Waals surface area (Å²) in [5, 5.41) is 1.08. The Morgan fingerprint density at radius 1 is 1.07 bits per heavy atom. The van der Waals surface area contributed by atoms with Crippen LogP contribution in [0.5, 0.6) is 11.5 Å². The molecule has 0 radical (unpaired) electrons. The van der Waals surface area contributed by atoms with Crippen molar-refractivity contribution >= 4 is 44.2 Å². The van der Waals surface area contributed by atoms with E-state index in [2.05, 4.69) is 9.97 Å². The summed E-state index contributed by atoms with van der Waals surface area (Å²) in [4.78, 5) is 24.2. The van der Waals surface area contributed by atoms with Gasteiger partial charge >= 0.3 is 0 Å². The molecule has 0 atom stereocenters. The van der Waals surface area contributed by atoms with Crippen LogP contribution in [-0.4, -0.2) is 30.1 Å². The van der Waals surface area contributed by atoms with E-state index < -0.39 is 0 Å². The van der Waals surface area contributed by atoms with Gasteiger partial charge in [0, 0.05) is 17.8 Å². The molecule has 0 bridgehead atoms. The molecule has 0 spiro atoms. The Morgan fingerprint density at radius 3 is 2.47 bits per heavy atom. The molecule has 0 unspecified atom stereocenters. The van der Waals surface area contributed by atoms with Crippen LogP contribution in [0.3, 0.4) is 0 Å². The summed E-state index contributed by atoms with van der Waals surface area (Å²) in [6.45, 7) is 0.261. The average molecular weight is 440 g/mol. The van der Waals surface area contributed by atoms with Gasteiger partial charge in [-0.15, -0.1) is 0 Å². The Morgan fingerprint density at radius 2 is 1.83 bits per heavy atom. The van der Waals surface area contributed by atoms with Crippen LogP contribution in [0.15, 0.2) is 60.8 Å². The first-order chi connectivity index (χ1) is 14.6. The zero-order valence-electron chi connectivity index (χ0n) is 16.3. The second-order valence-electron chi connectivity index (χ2n) is 6.40. The molecular formula is C22H18ClN3O3S. The topological polar surface area (TPSA) is 64.6 Å². The molecule has 0 saturated heterocycles. The molecule has 4 rings (SSSR count). The summed E-state index contributed by atoms with van der Waals surface area (Å²) in [6.07, 6.45) is 1.70. The molecule has 0 aliphatic carbocycles. The number of para-hydroxylation sites is 1. The smallest absolute Gasteiger partial charge is 0.260 e. The number of hydrogen-bond acceptors (Lipinski definition) is 6. The average Bonchev–Trinajstić information content (AvgIpc) is 3.22. The number of hydrogen-bond donors (Lipinski definition) is 0. The number of ether oxygens (including phenoxy) is 2. The fraction of sp³-hybridized carbons (Fsp3) is 0.136. The lowest BCUT2D eigenvalue weighted by Crippen LogP contribution is -2.30. The van der Waals surface area contributed by atoms with Gasteiger partial charge in [0.2, 0.25) is 0 Å². The lowest BCUT2D eigenvalue weighted by molar-refractivity contribution is 0.0984. The highest BCUT2D eigenvalue weighted by molar-refractivity contribution is 7.22. The maximum absolute atomic E-state index is 13.6. The zero-order valence-corrected chi connectivity index (χ0v) is 17.9. The number of carbonyl (C=O) groups is 1. The molecule has 2 heterocycles. The number of benzene rings is 2. The van der Waals surface area contributed by atoms with E-state index in [0.717, 1.165) is 10.4 Å². The number of nitrogens with zero attached hydrogens (tertiary/aromatic N) is 3. The van der Waals surface area contributed by atoms with Gasteiger partial charge in [-0.2, -0.15) is 0 Å². The van der Waals surface area contributed by atoms with Crippen LogP contribution in [0.1, 0.15) is 16.1 Å². The molecule has 2 aromatic carbocycles. The maximum atomic E-state index is 13.6. The van der Waals surface area contributed by atoms with E-state index in [1.807, 2.05) is 30.3 Å². The molecule has 8 heteroatoms. The van der Waals surface area contributed by atoms with Crippen molar-refractivity contribution in [2.45, 2.75) is 6.54 Å². The van der Waals surface area contributed by atoms with Crippen LogP contribution >= 0.6 is 22.9 Å². The van der Waals surface area contributed by atoms with Crippen LogP contribution in [0.2, 0.25) is 5.02 Å². The number of thiazole rings is 1. The first kappa shape index (κ1) is 20.1. The summed E-state index contributed by atoms with van der Waals surface area (Å²) >= 11 is 7.71. The lowest BCUT2D eigenvalue weighted by Gasteiger charge is -2.20. The Kier molecular flexibility index (Phi) is 5.83. The molecular weight excluding hydrogens is 422 g/mol. The fourth-order valence-electron chi connectivity index (χ4n) is 2.99. The van der Waals surface area contributed by atoms with Crippen molar-refractivity contribution in [2.75, 3.05) is 19.1 Å². The first-order valence-electron chi connectivity index (χ1n) is 9.09. The minimum absolute atomic E-state index is 0.243. The van der Waals surface area contributed by atoms with Crippen LogP contribution in [0.25, 0.3) is 10.2 Å². The quantitative estimate of drug-likeness (QED) is 0.412. The van der Waals surface area contributed by atoms with E-state index >= 15 is 0 Å². The highest BCUT2D eigenvalue weighted by Gasteiger charge is 2.24. The standard InChI is InChI=1S/C22H18ClN3O3S/c1-28-16-10-14(11-17(12-16)29-2)21(27)26(13-15-6-3-4-9-24-15)22-25-20-18(23)7-5-8-19(20)30-22/h3-12H,13H2,1-2H3. The van der Waals surface area contributed by atoms with Crippen molar-refractivity contribution in [3.63, 3.8) is 0 Å². The molecule has 0 fully saturated rings. The maximum Gasteiger partial charge on any atom is 0.260 e. The Hall–Kier alpha value is -3.16. The van der Waals surface area contributed by atoms with Gasteiger partial charge in [0.15, 0.2) is 5.13 Å². The summed E-state index contributed by atoms with van der Waals surface area (Å²) in [5.74, 6) is 0.818. The summed E-state index contributed by atoms with van der Waals surface area (Å²) in [5.41, 5.74) is 1.83. The van der Waals surface area contributed by atoms with E-state index in [0.29, 0.717) is 32.7 Å². The zero-order chi connectivity index (χ0) is 21.1. The number of halogens is 1. The van der Waals surface area contributed by atoms with E-state index in [-0.39, 0.29) is 12.5 Å². The number of methoxy groups -OCH3 is 2. The number of amides is 1. The third kappa shape index (κ3) is 4.08. The number of rotatable bonds is 6. The molecule has 0 aliphatic heterocycles. The molecule has 0 aliphatic rings. The predicted octanol–water partition coefficient (Wildman–Crippen LogP) is 5.21. The molecule has 0 N–H and O–H groups in total. The van der Waals surface area contributed by atoms with Crippen LogP contribution in [0, 0.1) is 0 Å². The van der Waals surface area contributed by atoms with Gasteiger partial charge in [-0.1, -0.05) is 35.1 Å². The van der Waals surface area contributed by atoms with Crippen molar-refractivity contribution in [3.8, 4) is 11.5 Å². The minimum Gasteiger partial charge on any atom is -0.497 e. The predicted molar refractivity (Wildman–Crippen MR) is 119 cm³/mol. The SMILES string of the molecule is COc1cc(OC)cc(C(=O)N(Cc2ccccn2)c2nc3c(Cl)cccc3s2)c1. The summed E-state index contributed by atoms with van der Waals surface area (Å²) in [7, 11) is 3.09. The van der Waals surface area contributed by atoms with Gasteiger partial charge in [0.1, 0.15) is 17.0 Å². The van der Waals surface area contributed by atoms with Crippen molar-refractivity contribution < 1.29 is 14.3 Å². The van der Waals surface area contributed by atoms with Crippen molar-refractivity contribution in [1.29, 1.82) is 0 Å². The second kappa shape index (κ2) is 8.69. The minimum atomic E-state index is -0.243. The number of aromatic nitrogens is 2. The molecule has 1 amide bonds. The van der Waals surface area contributed by atoms with Crippen molar-refractivity contribution in [1.82, 2.24) is 9.97 Å². The highest BCUT2D eigenvalue weighted by Crippen LogP contribution is 2.34. The largest absolute Gasteiger partial charge is 0.497 e. The van der Waals surface area contributed by atoms with Gasteiger partial charge in [0.05, 0.1) is 36.2 Å². The molecule has 30 heavy (non-hydrogen) atoms. The normalized spacial score (nSPS) is 10.8. The van der Waals surface area contributed by atoms with Crippen LogP contribution in [0.4, 0.5) is 5.13 Å². The van der Waals surface area contributed by atoms with Crippen LogP contribution < -0.4 is 14.4 Å². The fourth-order valence-corrected chi connectivity index (χ4v) is 4.25. The number of fused-ring (bicyclic) bond motifs is 1. The number of pyridine rings is 1. The van der Waals surface area contributed by atoms with Gasteiger partial charge in [-0.25, -0.2) is 4.98 Å². The monoisotopic (exact) mass is 439 g/mol. The molecule has 152 valence electrons. The summed E-state index contributed by atoms with van der Waals surface area (Å²) in [6, 6.07) is 16.2. The van der Waals surface area contributed by atoms with Gasteiger partial charge < -0.3 is 9.47 Å². The highest BCUT2D eigenvalue weighted by atomic mass is 35.5. The van der Waals surface area contributed by atoms with Crippen molar-refractivity contribution in [3.05, 3.63) is 77.1 Å². The third-order valence-corrected chi connectivity index (χ3v) is 5.83. The number of carbonyl (C=O) groups excluding carboxylic acids is 1. The van der Waals surface area contributed by atoms with E-state index in [1.54, 1.807) is 49.6 Å². The lowest BCUT2D eigenvalue weighted by atomic mass is 10.1. The van der Waals surface area contributed by atoms with E-state index in [4.69, 9.17) is 21.1 Å². The summed E-state index contributed by atoms with van der Waals surface area (Å²) < 4.78 is 11.5. The Balaban J connectivity index is 1.80. The molecule has 4 aromatic rings. The Labute approximate surface area is 182 Å². The third-order valence-electron chi connectivity index (χ3n) is 4.48. The second-order valence-corrected chi connectivity index (χ2v) is 7.81.